The molecule has 31 heavy (non-hydrogen) atoms. The van der Waals surface area contributed by atoms with Crippen molar-refractivity contribution in [1.29, 1.82) is 0 Å². The van der Waals surface area contributed by atoms with E-state index in [0.29, 0.717) is 17.4 Å². The van der Waals surface area contributed by atoms with E-state index in [1.165, 1.54) is 11.8 Å². The van der Waals surface area contributed by atoms with Crippen molar-refractivity contribution in [3.05, 3.63) is 69.9 Å². The van der Waals surface area contributed by atoms with Gasteiger partial charge in [0.15, 0.2) is 0 Å². The summed E-state index contributed by atoms with van der Waals surface area (Å²) < 4.78 is 13.8. The highest BCUT2D eigenvalue weighted by molar-refractivity contribution is 8.26. The van der Waals surface area contributed by atoms with Gasteiger partial charge >= 0.3 is 0 Å². The van der Waals surface area contributed by atoms with E-state index < -0.39 is 16.2 Å². The minimum Gasteiger partial charge on any atom is -0.400 e. The minimum atomic E-state index is -1.12. The number of aromatic nitrogens is 2. The number of benzene rings is 1. The molecule has 2 aromatic rings. The summed E-state index contributed by atoms with van der Waals surface area (Å²) in [6.07, 6.45) is 7.60. The lowest BCUT2D eigenvalue weighted by Crippen LogP contribution is -2.36. The number of nitrogens with one attached hydrogen (secondary N) is 1. The van der Waals surface area contributed by atoms with E-state index in [1.54, 1.807) is 19.4 Å². The van der Waals surface area contributed by atoms with Crippen molar-refractivity contribution in [1.82, 2.24) is 9.97 Å². The van der Waals surface area contributed by atoms with Gasteiger partial charge in [-0.3, -0.25) is 4.21 Å². The first-order valence-corrected chi connectivity index (χ1v) is 12.5. The second-order valence-electron chi connectivity index (χ2n) is 7.81. The summed E-state index contributed by atoms with van der Waals surface area (Å²) in [5, 5.41) is 3.82. The van der Waals surface area contributed by atoms with E-state index in [1.807, 2.05) is 18.2 Å². The molecule has 0 bridgehead atoms. The normalized spacial score (nSPS) is 23.8. The van der Waals surface area contributed by atoms with E-state index in [2.05, 4.69) is 47.3 Å². The predicted octanol–water partition coefficient (Wildman–Crippen LogP) is 4.48. The van der Waals surface area contributed by atoms with Crippen molar-refractivity contribution < 1.29 is 4.21 Å². The van der Waals surface area contributed by atoms with Crippen molar-refractivity contribution in [2.45, 2.75) is 32.6 Å². The quantitative estimate of drug-likeness (QED) is 0.642. The largest absolute Gasteiger partial charge is 0.400 e. The van der Waals surface area contributed by atoms with Gasteiger partial charge in [-0.15, -0.1) is 0 Å². The van der Waals surface area contributed by atoms with Crippen LogP contribution < -0.4 is 11.1 Å². The molecule has 0 fully saturated rings. The number of unbranched alkanes of at least 4 members (excludes halogenated alkanes) is 1. The summed E-state index contributed by atoms with van der Waals surface area (Å²) in [4.78, 5) is 13.6. The highest BCUT2D eigenvalue weighted by atomic mass is 32.2. The molecule has 1 aromatic heterocycles. The summed E-state index contributed by atoms with van der Waals surface area (Å²) in [7, 11) is 0.669. The van der Waals surface area contributed by atoms with Gasteiger partial charge in [0.05, 0.1) is 31.2 Å². The van der Waals surface area contributed by atoms with Crippen LogP contribution in [-0.2, 0) is 10.8 Å². The van der Waals surface area contributed by atoms with E-state index >= 15 is 0 Å². The lowest BCUT2D eigenvalue weighted by molar-refractivity contribution is 0.496. The molecule has 3 N–H and O–H groups in total. The van der Waals surface area contributed by atoms with Gasteiger partial charge in [0.1, 0.15) is 0 Å². The maximum Gasteiger partial charge on any atom is 0.222 e. The summed E-state index contributed by atoms with van der Waals surface area (Å²) in [6, 6.07) is 10.3. The fraction of sp³-hybridized carbons (Fsp3) is 0.348. The molecule has 3 heterocycles. The number of allylic oxidation sites excluding steroid dienone is 2. The number of rotatable bonds is 7. The van der Waals surface area contributed by atoms with Gasteiger partial charge in [-0.25, -0.2) is 15.0 Å². The highest BCUT2D eigenvalue weighted by Gasteiger charge is 2.51. The second-order valence-corrected chi connectivity index (χ2v) is 10.6. The Morgan fingerprint density at radius 1 is 1.23 bits per heavy atom. The fourth-order valence-electron chi connectivity index (χ4n) is 3.86. The molecule has 0 saturated heterocycles. The van der Waals surface area contributed by atoms with Gasteiger partial charge in [-0.2, -0.15) is 0 Å². The molecule has 1 aromatic carbocycles. The van der Waals surface area contributed by atoms with Crippen LogP contribution in [0.4, 0.5) is 5.95 Å². The van der Waals surface area contributed by atoms with Gasteiger partial charge in [0.25, 0.3) is 0 Å². The molecule has 3 unspecified atom stereocenters. The van der Waals surface area contributed by atoms with Crippen LogP contribution in [0.3, 0.4) is 0 Å². The van der Waals surface area contributed by atoms with Gasteiger partial charge < -0.3 is 11.1 Å². The number of anilines is 1. The number of hydrogen-bond donors (Lipinski definition) is 2. The van der Waals surface area contributed by atoms with Crippen LogP contribution in [0, 0.1) is 5.41 Å². The molecule has 8 heteroatoms. The van der Waals surface area contributed by atoms with E-state index in [-0.39, 0.29) is 5.92 Å². The van der Waals surface area contributed by atoms with Crippen LogP contribution in [0.15, 0.2) is 63.7 Å². The van der Waals surface area contributed by atoms with Crippen LogP contribution in [0.1, 0.15) is 43.7 Å². The van der Waals surface area contributed by atoms with Crippen LogP contribution in [-0.4, -0.2) is 32.0 Å². The first-order valence-electron chi connectivity index (χ1n) is 10.4. The molecule has 0 aliphatic carbocycles. The van der Waals surface area contributed by atoms with Crippen LogP contribution in [0.25, 0.3) is 5.70 Å². The molecule has 3 atom stereocenters. The van der Waals surface area contributed by atoms with E-state index in [9.17, 15) is 4.21 Å². The zero-order valence-corrected chi connectivity index (χ0v) is 19.6. The molecule has 162 valence electrons. The van der Waals surface area contributed by atoms with Crippen molar-refractivity contribution in [2.24, 2.45) is 16.1 Å². The molecule has 0 spiro atoms. The molecule has 6 nitrogen and oxygen atoms in total. The average molecular weight is 454 g/mol. The third kappa shape index (κ3) is 3.94. The third-order valence-electron chi connectivity index (χ3n) is 5.80. The van der Waals surface area contributed by atoms with Gasteiger partial charge in [-0.1, -0.05) is 55.4 Å². The smallest absolute Gasteiger partial charge is 0.222 e. The predicted molar refractivity (Wildman–Crippen MR) is 131 cm³/mol. The molecule has 2 aliphatic rings. The SMILES string of the molecule is CCCCS(=O)C1=C(N)C2(C)C(=NC(c3cnc(NC)nc3)=CC2c2ccccc2)S1. The number of fused-ring (bicyclic) bond motifs is 1. The lowest BCUT2D eigenvalue weighted by atomic mass is 9.70. The average Bonchev–Trinajstić information content (AvgIpc) is 3.08. The van der Waals surface area contributed by atoms with Gasteiger partial charge in [0, 0.05) is 42.4 Å². The maximum atomic E-state index is 13.0. The second kappa shape index (κ2) is 8.96. The number of hydrogen-bond acceptors (Lipinski definition) is 7. The summed E-state index contributed by atoms with van der Waals surface area (Å²) >= 11 is 1.48. The number of thioether (sulfide) groups is 1. The minimum absolute atomic E-state index is 0.0339. The van der Waals surface area contributed by atoms with Crippen LogP contribution in [0.2, 0.25) is 0 Å². The lowest BCUT2D eigenvalue weighted by Gasteiger charge is -2.36. The van der Waals surface area contributed by atoms with Crippen molar-refractivity contribution in [2.75, 3.05) is 18.1 Å². The zero-order valence-electron chi connectivity index (χ0n) is 18.0. The summed E-state index contributed by atoms with van der Waals surface area (Å²) in [6.45, 7) is 4.22. The Labute approximate surface area is 190 Å². The number of aliphatic imine (C=N–C) groups is 1. The molecule has 0 amide bonds. The number of nitrogens with two attached hydrogens (primary N) is 1. The van der Waals surface area contributed by atoms with Crippen LogP contribution in [0.5, 0.6) is 0 Å². The summed E-state index contributed by atoms with van der Waals surface area (Å²) in [5.41, 5.74) is 9.66. The molecule has 0 radical (unpaired) electrons. The van der Waals surface area contributed by atoms with E-state index in [4.69, 9.17) is 10.7 Å². The fourth-order valence-corrected chi connectivity index (χ4v) is 7.01. The molecular weight excluding hydrogens is 426 g/mol. The Hall–Kier alpha value is -2.45. The Bertz CT molecular complexity index is 1080. The maximum absolute atomic E-state index is 13.0. The molecule has 0 saturated carbocycles. The Morgan fingerprint density at radius 3 is 2.58 bits per heavy atom. The number of nitrogens with zero attached hydrogens (tertiary/aromatic N) is 3. The molecule has 4 rings (SSSR count). The van der Waals surface area contributed by atoms with Crippen molar-refractivity contribution in [3.63, 3.8) is 0 Å². The van der Waals surface area contributed by atoms with E-state index in [0.717, 1.165) is 38.9 Å². The Balaban J connectivity index is 1.80. The monoisotopic (exact) mass is 453 g/mol. The molecule has 2 aliphatic heterocycles. The molecular formula is C23H27N5OS2. The summed E-state index contributed by atoms with van der Waals surface area (Å²) in [5.74, 6) is 1.15. The van der Waals surface area contributed by atoms with Crippen molar-refractivity contribution >= 4 is 39.3 Å². The highest BCUT2D eigenvalue weighted by Crippen LogP contribution is 2.57. The first kappa shape index (κ1) is 21.8. The van der Waals surface area contributed by atoms with Crippen molar-refractivity contribution in [3.8, 4) is 0 Å². The van der Waals surface area contributed by atoms with Gasteiger partial charge in [0.2, 0.25) is 5.95 Å². The van der Waals surface area contributed by atoms with Gasteiger partial charge in [-0.05, 0) is 25.0 Å². The topological polar surface area (TPSA) is 93.3 Å². The Kier molecular flexibility index (Phi) is 6.29. The Morgan fingerprint density at radius 2 is 1.94 bits per heavy atom. The first-order chi connectivity index (χ1) is 15.0. The van der Waals surface area contributed by atoms with Crippen LogP contribution >= 0.6 is 11.8 Å². The zero-order chi connectivity index (χ0) is 22.0. The third-order valence-corrected chi connectivity index (χ3v) is 9.02. The standard InChI is InChI=1S/C23H27N5OS2/c1-4-5-11-31(29)20-19(24)23(2)17(15-9-7-6-8-10-15)12-18(28-21(23)30-20)16-13-26-22(25-3)27-14-16/h6-10,12-14,17H,4-5,11,24H2,1-3H3,(H,25,26,27).